The van der Waals surface area contributed by atoms with Gasteiger partial charge in [-0.1, -0.05) is 39.0 Å². The number of hydrogen-bond donors (Lipinski definition) is 1. The van der Waals surface area contributed by atoms with Gasteiger partial charge in [-0.2, -0.15) is 0 Å². The molecule has 1 aromatic rings. The zero-order valence-electron chi connectivity index (χ0n) is 11.7. The molecule has 1 amide bonds. The number of carbonyl (C=O) groups is 2. The van der Waals surface area contributed by atoms with Gasteiger partial charge in [0.1, 0.15) is 6.54 Å². The van der Waals surface area contributed by atoms with Gasteiger partial charge >= 0.3 is 5.97 Å². The van der Waals surface area contributed by atoms with Crippen LogP contribution in [0.3, 0.4) is 0 Å². The molecule has 1 aromatic carbocycles. The van der Waals surface area contributed by atoms with Crippen LogP contribution in [0.2, 0.25) is 0 Å². The molecule has 0 aliphatic heterocycles. The quantitative estimate of drug-likeness (QED) is 0.858. The number of aliphatic carboxylic acids is 1. The molecule has 104 valence electrons. The van der Waals surface area contributed by atoms with Gasteiger partial charge in [0.2, 0.25) is 5.91 Å². The predicted octanol–water partition coefficient (Wildman–Crippen LogP) is 2.79. The van der Waals surface area contributed by atoms with Crippen LogP contribution in [0.15, 0.2) is 30.3 Å². The summed E-state index contributed by atoms with van der Waals surface area (Å²) >= 11 is 0. The van der Waals surface area contributed by atoms with Crippen molar-refractivity contribution in [2.45, 2.75) is 27.2 Å². The summed E-state index contributed by atoms with van der Waals surface area (Å²) in [7, 11) is 0. The maximum atomic E-state index is 12.3. The van der Waals surface area contributed by atoms with Crippen molar-refractivity contribution in [2.75, 3.05) is 11.4 Å². The Hall–Kier alpha value is -1.84. The van der Waals surface area contributed by atoms with Crippen molar-refractivity contribution in [3.05, 3.63) is 30.3 Å². The van der Waals surface area contributed by atoms with Gasteiger partial charge < -0.3 is 10.0 Å². The van der Waals surface area contributed by atoms with E-state index in [0.717, 1.165) is 0 Å². The van der Waals surface area contributed by atoms with E-state index in [0.29, 0.717) is 18.0 Å². The molecule has 1 rings (SSSR count). The first-order valence-corrected chi connectivity index (χ1v) is 6.49. The third-order valence-corrected chi connectivity index (χ3v) is 3.30. The lowest BCUT2D eigenvalue weighted by atomic mass is 9.94. The molecule has 1 N–H and O–H groups in total. The van der Waals surface area contributed by atoms with E-state index in [2.05, 4.69) is 13.8 Å². The maximum absolute atomic E-state index is 12.3. The zero-order valence-corrected chi connectivity index (χ0v) is 11.7. The Labute approximate surface area is 114 Å². The second-order valence-electron chi connectivity index (χ2n) is 5.13. The molecule has 0 bridgehead atoms. The van der Waals surface area contributed by atoms with Crippen LogP contribution in [-0.4, -0.2) is 23.5 Å². The van der Waals surface area contributed by atoms with Gasteiger partial charge in [0.25, 0.3) is 0 Å². The monoisotopic (exact) mass is 263 g/mol. The van der Waals surface area contributed by atoms with Crippen LogP contribution in [0.1, 0.15) is 27.2 Å². The number of carboxylic acid groups (broad SMARTS) is 1. The van der Waals surface area contributed by atoms with Crippen molar-refractivity contribution >= 4 is 17.6 Å². The third-order valence-electron chi connectivity index (χ3n) is 3.30. The minimum absolute atomic E-state index is 0.144. The Balaban J connectivity index is 2.86. The van der Waals surface area contributed by atoms with Crippen molar-refractivity contribution in [2.24, 2.45) is 11.8 Å². The highest BCUT2D eigenvalue weighted by Gasteiger charge is 2.21. The molecule has 1 unspecified atom stereocenters. The second kappa shape index (κ2) is 6.92. The molecule has 4 nitrogen and oxygen atoms in total. The predicted molar refractivity (Wildman–Crippen MR) is 75.0 cm³/mol. The first kappa shape index (κ1) is 15.2. The van der Waals surface area contributed by atoms with Crippen LogP contribution >= 0.6 is 0 Å². The number of para-hydroxylation sites is 1. The minimum Gasteiger partial charge on any atom is -0.480 e. The smallest absolute Gasteiger partial charge is 0.323 e. The fourth-order valence-corrected chi connectivity index (χ4v) is 1.69. The molecular weight excluding hydrogens is 242 g/mol. The van der Waals surface area contributed by atoms with Gasteiger partial charge in [-0.25, -0.2) is 0 Å². The number of nitrogens with zero attached hydrogens (tertiary/aromatic N) is 1. The van der Waals surface area contributed by atoms with Crippen molar-refractivity contribution in [3.8, 4) is 0 Å². The molecule has 0 fully saturated rings. The summed E-state index contributed by atoms with van der Waals surface area (Å²) in [5, 5.41) is 8.94. The maximum Gasteiger partial charge on any atom is 0.323 e. The Morgan fingerprint density at radius 3 is 2.21 bits per heavy atom. The van der Waals surface area contributed by atoms with E-state index in [1.807, 2.05) is 13.0 Å². The molecule has 0 spiro atoms. The van der Waals surface area contributed by atoms with E-state index in [1.54, 1.807) is 24.3 Å². The van der Waals surface area contributed by atoms with E-state index < -0.39 is 5.97 Å². The van der Waals surface area contributed by atoms with Crippen molar-refractivity contribution in [1.82, 2.24) is 0 Å². The van der Waals surface area contributed by atoms with Crippen molar-refractivity contribution in [1.29, 1.82) is 0 Å². The van der Waals surface area contributed by atoms with Crippen LogP contribution in [0.25, 0.3) is 0 Å². The molecule has 0 heterocycles. The topological polar surface area (TPSA) is 57.6 Å². The zero-order chi connectivity index (χ0) is 14.4. The Bertz CT molecular complexity index is 428. The fourth-order valence-electron chi connectivity index (χ4n) is 1.69. The number of carbonyl (C=O) groups excluding carboxylic acids is 1. The van der Waals surface area contributed by atoms with Gasteiger partial charge in [-0.15, -0.1) is 0 Å². The second-order valence-corrected chi connectivity index (χ2v) is 5.13. The summed E-state index contributed by atoms with van der Waals surface area (Å²) in [5.74, 6) is -0.525. The van der Waals surface area contributed by atoms with Gasteiger partial charge in [0.15, 0.2) is 0 Å². The Morgan fingerprint density at radius 2 is 1.74 bits per heavy atom. The van der Waals surface area contributed by atoms with Crippen LogP contribution in [0.4, 0.5) is 5.69 Å². The SMILES string of the molecule is CC(C)C(C)CC(=O)N(CC(=O)O)c1ccccc1. The van der Waals surface area contributed by atoms with Gasteiger partial charge in [0.05, 0.1) is 0 Å². The largest absolute Gasteiger partial charge is 0.480 e. The van der Waals surface area contributed by atoms with E-state index in [9.17, 15) is 9.59 Å². The first-order valence-electron chi connectivity index (χ1n) is 6.49. The van der Waals surface area contributed by atoms with Gasteiger partial charge in [0, 0.05) is 12.1 Å². The van der Waals surface area contributed by atoms with E-state index in [-0.39, 0.29) is 18.4 Å². The molecule has 1 atom stereocenters. The molecule has 0 saturated carbocycles. The van der Waals surface area contributed by atoms with Crippen LogP contribution in [0.5, 0.6) is 0 Å². The van der Waals surface area contributed by atoms with E-state index in [4.69, 9.17) is 5.11 Å². The third kappa shape index (κ3) is 4.73. The average molecular weight is 263 g/mol. The molecule has 0 aliphatic carbocycles. The van der Waals surface area contributed by atoms with E-state index in [1.165, 1.54) is 4.90 Å². The standard InChI is InChI=1S/C15H21NO3/c1-11(2)12(3)9-14(17)16(10-15(18)19)13-7-5-4-6-8-13/h4-8,11-12H,9-10H2,1-3H3,(H,18,19). The van der Waals surface area contributed by atoms with Gasteiger partial charge in [-0.3, -0.25) is 9.59 Å². The number of carboxylic acids is 1. The lowest BCUT2D eigenvalue weighted by molar-refractivity contribution is -0.136. The molecule has 0 saturated heterocycles. The Morgan fingerprint density at radius 1 is 1.16 bits per heavy atom. The normalized spacial score (nSPS) is 12.2. The van der Waals surface area contributed by atoms with Crippen LogP contribution in [0, 0.1) is 11.8 Å². The number of amides is 1. The lowest BCUT2D eigenvalue weighted by Crippen LogP contribution is -2.36. The number of rotatable bonds is 6. The molecular formula is C15H21NO3. The highest BCUT2D eigenvalue weighted by molar-refractivity contribution is 5.97. The number of hydrogen-bond acceptors (Lipinski definition) is 2. The van der Waals surface area contributed by atoms with Crippen LogP contribution in [-0.2, 0) is 9.59 Å². The summed E-state index contributed by atoms with van der Waals surface area (Å²) < 4.78 is 0. The summed E-state index contributed by atoms with van der Waals surface area (Å²) in [6.07, 6.45) is 0.361. The summed E-state index contributed by atoms with van der Waals surface area (Å²) in [5.41, 5.74) is 0.630. The number of benzene rings is 1. The minimum atomic E-state index is -1.01. The molecule has 0 radical (unpaired) electrons. The highest BCUT2D eigenvalue weighted by atomic mass is 16.4. The first-order chi connectivity index (χ1) is 8.91. The van der Waals surface area contributed by atoms with Crippen molar-refractivity contribution in [3.63, 3.8) is 0 Å². The lowest BCUT2D eigenvalue weighted by Gasteiger charge is -2.23. The Kier molecular flexibility index (Phi) is 5.55. The molecule has 4 heteroatoms. The fraction of sp³-hybridized carbons (Fsp3) is 0.467. The summed E-state index contributed by atoms with van der Waals surface area (Å²) in [4.78, 5) is 24.5. The molecule has 0 aromatic heterocycles. The summed E-state index contributed by atoms with van der Waals surface area (Å²) in [6, 6.07) is 8.93. The summed E-state index contributed by atoms with van der Waals surface area (Å²) in [6.45, 7) is 5.82. The van der Waals surface area contributed by atoms with Crippen LogP contribution < -0.4 is 4.90 Å². The molecule has 0 aliphatic rings. The highest BCUT2D eigenvalue weighted by Crippen LogP contribution is 2.19. The number of anilines is 1. The van der Waals surface area contributed by atoms with Gasteiger partial charge in [-0.05, 0) is 24.0 Å². The molecule has 19 heavy (non-hydrogen) atoms. The van der Waals surface area contributed by atoms with E-state index >= 15 is 0 Å². The van der Waals surface area contributed by atoms with Crippen molar-refractivity contribution < 1.29 is 14.7 Å². The average Bonchev–Trinajstić information content (AvgIpc) is 2.36.